The summed E-state index contributed by atoms with van der Waals surface area (Å²) in [6.45, 7) is 9.03. The molecule has 1 aliphatic rings. The molecule has 1 fully saturated rings. The van der Waals surface area contributed by atoms with Gasteiger partial charge in [0.05, 0.1) is 6.10 Å². The molecule has 1 rings (SSSR count). The Bertz CT molecular complexity index is 223. The van der Waals surface area contributed by atoms with E-state index in [2.05, 4.69) is 27.7 Å². The van der Waals surface area contributed by atoms with Crippen LogP contribution in [-0.4, -0.2) is 22.2 Å². The van der Waals surface area contributed by atoms with Gasteiger partial charge < -0.3 is 5.11 Å². The molecule has 1 unspecified atom stereocenters. The molecule has 0 radical (unpaired) electrons. The van der Waals surface area contributed by atoms with Gasteiger partial charge in [-0.15, -0.1) is 0 Å². The first-order valence-electron chi connectivity index (χ1n) is 8.28. The van der Waals surface area contributed by atoms with Crippen molar-refractivity contribution in [2.45, 2.75) is 84.0 Å². The monoisotopic (exact) mass is 286 g/mol. The Hall–Kier alpha value is 0.310. The van der Waals surface area contributed by atoms with Gasteiger partial charge in [0, 0.05) is 0 Å². The third kappa shape index (κ3) is 7.60. The summed E-state index contributed by atoms with van der Waals surface area (Å²) in [4.78, 5) is 0. The van der Waals surface area contributed by atoms with Gasteiger partial charge in [-0.1, -0.05) is 59.8 Å². The molecule has 2 heteroatoms. The molecule has 0 bridgehead atoms. The van der Waals surface area contributed by atoms with Crippen molar-refractivity contribution < 1.29 is 5.11 Å². The quantitative estimate of drug-likeness (QED) is 0.668. The molecule has 0 heterocycles. The lowest BCUT2D eigenvalue weighted by atomic mass is 9.80. The van der Waals surface area contributed by atoms with Crippen molar-refractivity contribution in [1.82, 2.24) is 0 Å². The van der Waals surface area contributed by atoms with Crippen LogP contribution in [0.3, 0.4) is 0 Å². The van der Waals surface area contributed by atoms with Crippen LogP contribution in [-0.2, 0) is 0 Å². The molecule has 3 atom stereocenters. The topological polar surface area (TPSA) is 20.2 Å². The highest BCUT2D eigenvalue weighted by Gasteiger charge is 2.22. The summed E-state index contributed by atoms with van der Waals surface area (Å²) in [6.07, 6.45) is 9.18. The molecule has 1 saturated carbocycles. The highest BCUT2D eigenvalue weighted by atomic mass is 32.2. The Morgan fingerprint density at radius 3 is 2.26 bits per heavy atom. The zero-order chi connectivity index (χ0) is 14.3. The van der Waals surface area contributed by atoms with E-state index < -0.39 is 0 Å². The van der Waals surface area contributed by atoms with E-state index in [0.29, 0.717) is 17.1 Å². The molecule has 0 spiro atoms. The summed E-state index contributed by atoms with van der Waals surface area (Å²) in [7, 11) is 0. The van der Waals surface area contributed by atoms with Gasteiger partial charge in [-0.3, -0.25) is 0 Å². The van der Waals surface area contributed by atoms with Gasteiger partial charge in [-0.2, -0.15) is 11.8 Å². The number of rotatable bonds is 8. The highest BCUT2D eigenvalue weighted by Crippen LogP contribution is 2.31. The van der Waals surface area contributed by atoms with Gasteiger partial charge in [0.15, 0.2) is 0 Å². The first-order valence-corrected chi connectivity index (χ1v) is 9.33. The minimum Gasteiger partial charge on any atom is -0.393 e. The maximum absolute atomic E-state index is 10.4. The number of thioether (sulfide) groups is 1. The molecule has 1 aliphatic carbocycles. The van der Waals surface area contributed by atoms with Crippen molar-refractivity contribution in [3.63, 3.8) is 0 Å². The zero-order valence-corrected chi connectivity index (χ0v) is 14.2. The summed E-state index contributed by atoms with van der Waals surface area (Å²) < 4.78 is 0. The maximum Gasteiger partial charge on any atom is 0.0568 e. The molecule has 0 amide bonds. The minimum atomic E-state index is -0.0929. The van der Waals surface area contributed by atoms with Gasteiger partial charge >= 0.3 is 0 Å². The fourth-order valence-corrected chi connectivity index (χ4v) is 4.02. The maximum atomic E-state index is 10.4. The largest absolute Gasteiger partial charge is 0.393 e. The Balaban J connectivity index is 2.21. The molecule has 19 heavy (non-hydrogen) atoms. The van der Waals surface area contributed by atoms with Crippen LogP contribution < -0.4 is 0 Å². The second-order valence-corrected chi connectivity index (χ2v) is 8.62. The van der Waals surface area contributed by atoms with Crippen molar-refractivity contribution in [2.75, 3.05) is 5.75 Å². The summed E-state index contributed by atoms with van der Waals surface area (Å²) in [6, 6.07) is 0. The van der Waals surface area contributed by atoms with E-state index in [0.717, 1.165) is 12.3 Å². The zero-order valence-electron chi connectivity index (χ0n) is 13.4. The number of hydrogen-bond donors (Lipinski definition) is 1. The van der Waals surface area contributed by atoms with Crippen LogP contribution in [0.1, 0.15) is 72.6 Å². The first kappa shape index (κ1) is 17.4. The summed E-state index contributed by atoms with van der Waals surface area (Å²) in [5.41, 5.74) is 0. The molecule has 0 saturated heterocycles. The van der Waals surface area contributed by atoms with Crippen LogP contribution in [0.25, 0.3) is 0 Å². The molecule has 0 aromatic carbocycles. The molecule has 0 aromatic rings. The Kier molecular flexibility index (Phi) is 8.48. The number of aliphatic hydroxyl groups excluding tert-OH is 1. The Morgan fingerprint density at radius 2 is 1.68 bits per heavy atom. The number of aliphatic hydroxyl groups is 1. The molecule has 114 valence electrons. The van der Waals surface area contributed by atoms with E-state index in [9.17, 15) is 5.11 Å². The SMILES string of the molecule is CC(C)SC[C@H](C)C[C@H](O)C(C)CC1CCCCC1. The second kappa shape index (κ2) is 9.28. The van der Waals surface area contributed by atoms with Crippen LogP contribution in [0.15, 0.2) is 0 Å². The second-order valence-electron chi connectivity index (χ2n) is 7.01. The summed E-state index contributed by atoms with van der Waals surface area (Å²) in [5.74, 6) is 3.19. The Morgan fingerprint density at radius 1 is 1.05 bits per heavy atom. The molecule has 1 N–H and O–H groups in total. The molecule has 0 aromatic heterocycles. The van der Waals surface area contributed by atoms with Crippen molar-refractivity contribution >= 4 is 11.8 Å². The summed E-state index contributed by atoms with van der Waals surface area (Å²) in [5, 5.41) is 11.1. The van der Waals surface area contributed by atoms with E-state index in [4.69, 9.17) is 0 Å². The van der Waals surface area contributed by atoms with Gasteiger partial charge in [0.1, 0.15) is 0 Å². The normalized spacial score (nSPS) is 22.4. The van der Waals surface area contributed by atoms with Crippen LogP contribution >= 0.6 is 11.8 Å². The third-order valence-electron chi connectivity index (χ3n) is 4.44. The molecule has 0 aliphatic heterocycles. The fraction of sp³-hybridized carbons (Fsp3) is 1.00. The number of hydrogen-bond acceptors (Lipinski definition) is 2. The van der Waals surface area contributed by atoms with Gasteiger partial charge in [-0.25, -0.2) is 0 Å². The van der Waals surface area contributed by atoms with Crippen LogP contribution in [0.2, 0.25) is 0 Å². The van der Waals surface area contributed by atoms with Crippen LogP contribution in [0.5, 0.6) is 0 Å². The van der Waals surface area contributed by atoms with Gasteiger partial charge in [-0.05, 0) is 41.6 Å². The third-order valence-corrected chi connectivity index (χ3v) is 5.87. The lowest BCUT2D eigenvalue weighted by Crippen LogP contribution is -2.24. The van der Waals surface area contributed by atoms with E-state index in [1.54, 1.807) is 0 Å². The standard InChI is InChI=1S/C17H34OS/c1-13(2)19-12-14(3)10-17(18)15(4)11-16-8-6-5-7-9-16/h13-18H,5-12H2,1-4H3/t14-,15?,17+/m1/s1. The van der Waals surface area contributed by atoms with E-state index in [1.165, 1.54) is 44.3 Å². The Labute approximate surface area is 124 Å². The minimum absolute atomic E-state index is 0.0929. The smallest absolute Gasteiger partial charge is 0.0568 e. The average Bonchev–Trinajstić information content (AvgIpc) is 2.37. The van der Waals surface area contributed by atoms with Crippen molar-refractivity contribution in [2.24, 2.45) is 17.8 Å². The highest BCUT2D eigenvalue weighted by molar-refractivity contribution is 7.99. The van der Waals surface area contributed by atoms with E-state index in [1.807, 2.05) is 11.8 Å². The first-order chi connectivity index (χ1) is 8.99. The average molecular weight is 287 g/mol. The lowest BCUT2D eigenvalue weighted by Gasteiger charge is -2.28. The van der Waals surface area contributed by atoms with E-state index >= 15 is 0 Å². The van der Waals surface area contributed by atoms with Crippen molar-refractivity contribution in [3.05, 3.63) is 0 Å². The van der Waals surface area contributed by atoms with Crippen LogP contribution in [0, 0.1) is 17.8 Å². The molecular formula is C17H34OS. The predicted molar refractivity (Wildman–Crippen MR) is 87.7 cm³/mol. The van der Waals surface area contributed by atoms with Crippen molar-refractivity contribution in [1.29, 1.82) is 0 Å². The summed E-state index contributed by atoms with van der Waals surface area (Å²) >= 11 is 2.02. The van der Waals surface area contributed by atoms with E-state index in [-0.39, 0.29) is 6.10 Å². The lowest BCUT2D eigenvalue weighted by molar-refractivity contribution is 0.0780. The van der Waals surface area contributed by atoms with Crippen molar-refractivity contribution in [3.8, 4) is 0 Å². The fourth-order valence-electron chi connectivity index (χ4n) is 3.18. The predicted octanol–water partition coefficient (Wildman–Crippen LogP) is 5.12. The van der Waals surface area contributed by atoms with Gasteiger partial charge in [0.25, 0.3) is 0 Å². The van der Waals surface area contributed by atoms with Crippen LogP contribution in [0.4, 0.5) is 0 Å². The van der Waals surface area contributed by atoms with Gasteiger partial charge in [0.2, 0.25) is 0 Å². The molecule has 1 nitrogen and oxygen atoms in total. The molecular weight excluding hydrogens is 252 g/mol.